The first-order valence-corrected chi connectivity index (χ1v) is 8.84. The van der Waals surface area contributed by atoms with Crippen LogP contribution < -0.4 is 5.32 Å². The first-order valence-electron chi connectivity index (χ1n) is 8.84. The highest BCUT2D eigenvalue weighted by Gasteiger charge is 2.43. The smallest absolute Gasteiger partial charge is 0.274 e. The minimum atomic E-state index is -0.121. The van der Waals surface area contributed by atoms with E-state index in [1.54, 1.807) is 0 Å². The van der Waals surface area contributed by atoms with Gasteiger partial charge in [-0.05, 0) is 37.5 Å². The van der Waals surface area contributed by atoms with Gasteiger partial charge in [0.05, 0.1) is 6.10 Å². The third kappa shape index (κ3) is 2.78. The Morgan fingerprint density at radius 1 is 1.30 bits per heavy atom. The molecule has 1 aromatic rings. The van der Waals surface area contributed by atoms with Crippen LogP contribution in [0.15, 0.2) is 6.20 Å². The Morgan fingerprint density at radius 2 is 2.04 bits per heavy atom. The van der Waals surface area contributed by atoms with Gasteiger partial charge >= 0.3 is 0 Å². The molecule has 2 unspecified atom stereocenters. The fraction of sp³-hybridized carbons (Fsp3) is 0.765. The monoisotopic (exact) mass is 318 g/mol. The van der Waals surface area contributed by atoms with Gasteiger partial charge in [0, 0.05) is 45.3 Å². The van der Waals surface area contributed by atoms with Crippen molar-refractivity contribution in [3.8, 4) is 0 Å². The summed E-state index contributed by atoms with van der Waals surface area (Å²) in [4.78, 5) is 19.3. The second-order valence-electron chi connectivity index (χ2n) is 7.42. The number of hydrogen-bond acceptors (Lipinski definition) is 4. The van der Waals surface area contributed by atoms with Crippen molar-refractivity contribution in [1.82, 2.24) is 19.8 Å². The second-order valence-corrected chi connectivity index (χ2v) is 7.42. The number of imidazole rings is 1. The third-order valence-corrected chi connectivity index (χ3v) is 5.97. The Hall–Kier alpha value is -1.40. The molecule has 0 aromatic carbocycles. The molecule has 3 aliphatic rings. The molecule has 1 amide bonds. The van der Waals surface area contributed by atoms with Crippen molar-refractivity contribution in [2.75, 3.05) is 20.1 Å². The summed E-state index contributed by atoms with van der Waals surface area (Å²) in [5, 5.41) is 13.1. The highest BCUT2D eigenvalue weighted by molar-refractivity contribution is 5.92. The molecule has 2 N–H and O–H groups in total. The van der Waals surface area contributed by atoms with Crippen molar-refractivity contribution in [3.05, 3.63) is 17.7 Å². The molecular formula is C17H26N4O2. The van der Waals surface area contributed by atoms with Crippen LogP contribution in [0.2, 0.25) is 0 Å². The number of nitrogens with zero attached hydrogens (tertiary/aromatic N) is 3. The Labute approximate surface area is 136 Å². The number of aliphatic hydroxyl groups is 1. The summed E-state index contributed by atoms with van der Waals surface area (Å²) >= 11 is 0. The van der Waals surface area contributed by atoms with Crippen molar-refractivity contribution in [2.24, 2.45) is 11.8 Å². The van der Waals surface area contributed by atoms with Gasteiger partial charge in [-0.1, -0.05) is 0 Å². The zero-order chi connectivity index (χ0) is 16.0. The summed E-state index contributed by atoms with van der Waals surface area (Å²) < 4.78 is 2.11. The SMILES string of the molecule is CN(C(=O)c1cn2c(n1)CCNCC2)C1C[C@H]2CC(O)C[C@H]2C1. The van der Waals surface area contributed by atoms with Crippen LogP contribution in [0.25, 0.3) is 0 Å². The fourth-order valence-corrected chi connectivity index (χ4v) is 4.69. The van der Waals surface area contributed by atoms with E-state index in [1.165, 1.54) is 0 Å². The molecule has 2 heterocycles. The van der Waals surface area contributed by atoms with Crippen LogP contribution >= 0.6 is 0 Å². The molecule has 0 saturated heterocycles. The van der Waals surface area contributed by atoms with Gasteiger partial charge in [0.15, 0.2) is 0 Å². The summed E-state index contributed by atoms with van der Waals surface area (Å²) in [5.41, 5.74) is 0.585. The van der Waals surface area contributed by atoms with Crippen molar-refractivity contribution in [2.45, 2.75) is 50.8 Å². The summed E-state index contributed by atoms with van der Waals surface area (Å²) in [6.07, 6.45) is 6.56. The van der Waals surface area contributed by atoms with E-state index in [0.29, 0.717) is 23.6 Å². The van der Waals surface area contributed by atoms with Gasteiger partial charge < -0.3 is 19.9 Å². The molecule has 6 nitrogen and oxygen atoms in total. The van der Waals surface area contributed by atoms with Gasteiger partial charge in [-0.15, -0.1) is 0 Å². The average Bonchev–Trinajstić information content (AvgIpc) is 3.14. The van der Waals surface area contributed by atoms with Crippen molar-refractivity contribution >= 4 is 5.91 Å². The van der Waals surface area contributed by atoms with Crippen LogP contribution in [0.3, 0.4) is 0 Å². The zero-order valence-corrected chi connectivity index (χ0v) is 13.7. The molecule has 2 aliphatic carbocycles. The van der Waals surface area contributed by atoms with Crippen LogP contribution in [0, 0.1) is 11.8 Å². The number of aliphatic hydroxyl groups excluding tert-OH is 1. The lowest BCUT2D eigenvalue weighted by Crippen LogP contribution is -2.36. The van der Waals surface area contributed by atoms with Crippen molar-refractivity contribution in [1.29, 1.82) is 0 Å². The number of carbonyl (C=O) groups excluding carboxylic acids is 1. The number of rotatable bonds is 2. The third-order valence-electron chi connectivity index (χ3n) is 5.97. The van der Waals surface area contributed by atoms with Gasteiger partial charge in [-0.2, -0.15) is 0 Å². The standard InChI is InChI=1S/C17H26N4O2/c1-20(13-6-11-8-14(22)9-12(11)7-13)17(23)15-10-21-5-4-18-3-2-16(21)19-15/h10-14,18,22H,2-9H2,1H3/t11-,12+,13?,14?. The van der Waals surface area contributed by atoms with Gasteiger partial charge in [0.25, 0.3) is 5.91 Å². The number of carbonyl (C=O) groups is 1. The predicted molar refractivity (Wildman–Crippen MR) is 86.1 cm³/mol. The van der Waals surface area contributed by atoms with E-state index in [2.05, 4.69) is 14.9 Å². The molecule has 1 aliphatic heterocycles. The highest BCUT2D eigenvalue weighted by atomic mass is 16.3. The van der Waals surface area contributed by atoms with Gasteiger partial charge in [-0.25, -0.2) is 4.98 Å². The Kier molecular flexibility index (Phi) is 3.89. The molecule has 0 radical (unpaired) electrons. The molecule has 0 bridgehead atoms. The average molecular weight is 318 g/mol. The molecule has 23 heavy (non-hydrogen) atoms. The zero-order valence-electron chi connectivity index (χ0n) is 13.7. The molecule has 1 aromatic heterocycles. The number of fused-ring (bicyclic) bond motifs is 2. The Morgan fingerprint density at radius 3 is 2.78 bits per heavy atom. The minimum Gasteiger partial charge on any atom is -0.393 e. The van der Waals surface area contributed by atoms with Crippen LogP contribution in [0.5, 0.6) is 0 Å². The lowest BCUT2D eigenvalue weighted by atomic mass is 10.0. The molecular weight excluding hydrogens is 292 g/mol. The molecule has 2 saturated carbocycles. The lowest BCUT2D eigenvalue weighted by molar-refractivity contribution is 0.0716. The maximum absolute atomic E-state index is 12.8. The summed E-state index contributed by atoms with van der Waals surface area (Å²) in [7, 11) is 1.91. The lowest BCUT2D eigenvalue weighted by Gasteiger charge is -2.24. The molecule has 0 spiro atoms. The maximum Gasteiger partial charge on any atom is 0.274 e. The van der Waals surface area contributed by atoms with E-state index >= 15 is 0 Å². The van der Waals surface area contributed by atoms with Crippen LogP contribution in [-0.4, -0.2) is 57.7 Å². The minimum absolute atomic E-state index is 0.0454. The predicted octanol–water partition coefficient (Wildman–Crippen LogP) is 0.650. The van der Waals surface area contributed by atoms with E-state index in [1.807, 2.05) is 18.1 Å². The normalized spacial score (nSPS) is 33.1. The first-order chi connectivity index (χ1) is 11.1. The van der Waals surface area contributed by atoms with Gasteiger partial charge in [0.2, 0.25) is 0 Å². The molecule has 4 rings (SSSR count). The van der Waals surface area contributed by atoms with E-state index in [-0.39, 0.29) is 12.0 Å². The summed E-state index contributed by atoms with van der Waals surface area (Å²) in [5.74, 6) is 2.24. The number of amides is 1. The molecule has 4 atom stereocenters. The molecule has 6 heteroatoms. The van der Waals surface area contributed by atoms with E-state index < -0.39 is 0 Å². The van der Waals surface area contributed by atoms with E-state index in [4.69, 9.17) is 0 Å². The van der Waals surface area contributed by atoms with Crippen LogP contribution in [0.1, 0.15) is 42.0 Å². The largest absolute Gasteiger partial charge is 0.393 e. The number of aromatic nitrogens is 2. The Balaban J connectivity index is 1.45. The molecule has 126 valence electrons. The maximum atomic E-state index is 12.8. The van der Waals surface area contributed by atoms with Crippen molar-refractivity contribution < 1.29 is 9.90 Å². The Bertz CT molecular complexity index is 562. The van der Waals surface area contributed by atoms with Crippen LogP contribution in [0.4, 0.5) is 0 Å². The van der Waals surface area contributed by atoms with E-state index in [0.717, 1.165) is 57.6 Å². The summed E-state index contributed by atoms with van der Waals surface area (Å²) in [6, 6.07) is 0.299. The molecule has 2 fully saturated rings. The highest BCUT2D eigenvalue weighted by Crippen LogP contribution is 2.45. The number of hydrogen-bond donors (Lipinski definition) is 2. The van der Waals surface area contributed by atoms with E-state index in [9.17, 15) is 9.90 Å². The summed E-state index contributed by atoms with van der Waals surface area (Å²) in [6.45, 7) is 2.74. The topological polar surface area (TPSA) is 70.4 Å². The quantitative estimate of drug-likeness (QED) is 0.840. The van der Waals surface area contributed by atoms with Crippen LogP contribution in [-0.2, 0) is 13.0 Å². The first kappa shape index (κ1) is 15.1. The number of nitrogens with one attached hydrogen (secondary N) is 1. The fourth-order valence-electron chi connectivity index (χ4n) is 4.69. The second kappa shape index (κ2) is 5.91. The van der Waals surface area contributed by atoms with Gasteiger partial charge in [-0.3, -0.25) is 4.79 Å². The van der Waals surface area contributed by atoms with Crippen molar-refractivity contribution in [3.63, 3.8) is 0 Å². The van der Waals surface area contributed by atoms with Gasteiger partial charge in [0.1, 0.15) is 11.5 Å².